The van der Waals surface area contributed by atoms with E-state index >= 15 is 0 Å². The van der Waals surface area contributed by atoms with Gasteiger partial charge in [0.05, 0.1) is 12.5 Å². The van der Waals surface area contributed by atoms with Gasteiger partial charge in [-0.15, -0.1) is 0 Å². The summed E-state index contributed by atoms with van der Waals surface area (Å²) < 4.78 is 4.88. The minimum atomic E-state index is -0.839. The van der Waals surface area contributed by atoms with Crippen LogP contribution in [0.2, 0.25) is 5.02 Å². The van der Waals surface area contributed by atoms with Crippen molar-refractivity contribution in [2.75, 3.05) is 6.61 Å². The Hall–Kier alpha value is -2.39. The Morgan fingerprint density at radius 3 is 2.40 bits per heavy atom. The number of carbonyl (C=O) groups is 3. The van der Waals surface area contributed by atoms with Gasteiger partial charge in [-0.1, -0.05) is 11.6 Å². The van der Waals surface area contributed by atoms with Crippen molar-refractivity contribution in [3.05, 3.63) is 34.9 Å². The highest BCUT2D eigenvalue weighted by Gasteiger charge is 2.35. The molecule has 0 saturated heterocycles. The molecule has 0 spiro atoms. The van der Waals surface area contributed by atoms with E-state index in [1.54, 1.807) is 24.3 Å². The Morgan fingerprint density at radius 2 is 1.80 bits per heavy atom. The molecule has 2 rings (SSSR count). The summed E-state index contributed by atoms with van der Waals surface area (Å²) >= 11 is 5.75. The lowest BCUT2D eigenvalue weighted by Crippen LogP contribution is -2.46. The third kappa shape index (κ3) is 5.57. The van der Waals surface area contributed by atoms with Gasteiger partial charge in [0.1, 0.15) is 5.54 Å². The highest BCUT2D eigenvalue weighted by atomic mass is 35.5. The average Bonchev–Trinajstić information content (AvgIpc) is 3.07. The van der Waals surface area contributed by atoms with Gasteiger partial charge in [-0.05, 0) is 49.9 Å². The lowest BCUT2D eigenvalue weighted by atomic mass is 10.00. The Labute approximate surface area is 151 Å². The van der Waals surface area contributed by atoms with Crippen molar-refractivity contribution in [2.45, 2.75) is 44.1 Å². The maximum absolute atomic E-state index is 11.9. The fourth-order valence-corrected chi connectivity index (χ4v) is 2.89. The number of benzene rings is 1. The fourth-order valence-electron chi connectivity index (χ4n) is 2.76. The molecule has 1 N–H and O–H groups in total. The molecule has 1 saturated carbocycles. The number of halogens is 1. The van der Waals surface area contributed by atoms with Gasteiger partial charge < -0.3 is 10.1 Å². The number of hydrogen-bond donors (Lipinski definition) is 1. The zero-order valence-electron chi connectivity index (χ0n) is 13.7. The Balaban J connectivity index is 1.71. The van der Waals surface area contributed by atoms with E-state index in [4.69, 9.17) is 16.3 Å². The Kier molecular flexibility index (Phi) is 6.54. The molecule has 0 unspecified atom stereocenters. The molecule has 7 heteroatoms. The lowest BCUT2D eigenvalue weighted by molar-refractivity contribution is -0.148. The predicted octanol–water partition coefficient (Wildman–Crippen LogP) is 2.80. The maximum atomic E-state index is 11.9. The van der Waals surface area contributed by atoms with Crippen LogP contribution in [-0.4, -0.2) is 29.8 Å². The van der Waals surface area contributed by atoms with E-state index in [1.807, 2.05) is 0 Å². The summed E-state index contributed by atoms with van der Waals surface area (Å²) in [6.45, 7) is -0.447. The van der Waals surface area contributed by atoms with Gasteiger partial charge in [0.25, 0.3) is 5.91 Å². The highest BCUT2D eigenvalue weighted by Crippen LogP contribution is 2.28. The number of carbonyl (C=O) groups excluding carboxylic acids is 3. The molecule has 25 heavy (non-hydrogen) atoms. The van der Waals surface area contributed by atoms with Crippen LogP contribution in [0, 0.1) is 11.3 Å². The van der Waals surface area contributed by atoms with Gasteiger partial charge in [0, 0.05) is 17.0 Å². The topological polar surface area (TPSA) is 96.3 Å². The molecule has 6 nitrogen and oxygen atoms in total. The number of esters is 1. The molecular weight excluding hydrogens is 344 g/mol. The number of nitriles is 1. The van der Waals surface area contributed by atoms with Crippen molar-refractivity contribution in [3.8, 4) is 6.07 Å². The number of hydrogen-bond acceptors (Lipinski definition) is 5. The fraction of sp³-hybridized carbons (Fsp3) is 0.444. The molecule has 0 aromatic heterocycles. The molecule has 1 aromatic carbocycles. The lowest BCUT2D eigenvalue weighted by Gasteiger charge is -2.21. The van der Waals surface area contributed by atoms with Crippen molar-refractivity contribution in [2.24, 2.45) is 0 Å². The van der Waals surface area contributed by atoms with E-state index in [0.717, 1.165) is 12.8 Å². The summed E-state index contributed by atoms with van der Waals surface area (Å²) in [6.07, 6.45) is 2.88. The zero-order chi connectivity index (χ0) is 18.3. The van der Waals surface area contributed by atoms with E-state index in [9.17, 15) is 19.6 Å². The van der Waals surface area contributed by atoms with Crippen LogP contribution < -0.4 is 5.32 Å². The van der Waals surface area contributed by atoms with Crippen LogP contribution >= 0.6 is 11.6 Å². The van der Waals surface area contributed by atoms with Crippen molar-refractivity contribution >= 4 is 29.3 Å². The van der Waals surface area contributed by atoms with Crippen LogP contribution in [0.1, 0.15) is 48.9 Å². The van der Waals surface area contributed by atoms with E-state index in [0.29, 0.717) is 23.4 Å². The Bertz CT molecular complexity index is 688. The number of Topliss-reactive ketones (excluding diaryl/α,β-unsaturated/α-hetero) is 1. The maximum Gasteiger partial charge on any atom is 0.306 e. The first-order valence-corrected chi connectivity index (χ1v) is 8.48. The summed E-state index contributed by atoms with van der Waals surface area (Å²) in [5, 5.41) is 12.4. The van der Waals surface area contributed by atoms with E-state index in [2.05, 4.69) is 11.4 Å². The van der Waals surface area contributed by atoms with Crippen LogP contribution in [0.4, 0.5) is 0 Å². The second-order valence-electron chi connectivity index (χ2n) is 6.04. The quantitative estimate of drug-likeness (QED) is 0.594. The summed E-state index contributed by atoms with van der Waals surface area (Å²) in [7, 11) is 0. The van der Waals surface area contributed by atoms with Gasteiger partial charge in [-0.25, -0.2) is 0 Å². The smallest absolute Gasteiger partial charge is 0.306 e. The van der Waals surface area contributed by atoms with E-state index in [1.165, 1.54) is 0 Å². The molecule has 132 valence electrons. The molecule has 1 aromatic rings. The molecule has 1 amide bonds. The van der Waals surface area contributed by atoms with Crippen molar-refractivity contribution in [1.82, 2.24) is 5.32 Å². The molecule has 1 aliphatic rings. The molecule has 1 aliphatic carbocycles. The van der Waals surface area contributed by atoms with Crippen molar-refractivity contribution in [1.29, 1.82) is 5.26 Å². The largest absolute Gasteiger partial charge is 0.456 e. The van der Waals surface area contributed by atoms with Gasteiger partial charge >= 0.3 is 5.97 Å². The standard InChI is InChI=1S/C18H19ClN2O4/c19-14-5-3-13(4-6-14)15(22)7-8-17(24)25-11-16(23)21-18(12-20)9-1-2-10-18/h3-6H,1-2,7-11H2,(H,21,23). The van der Waals surface area contributed by atoms with Crippen molar-refractivity contribution < 1.29 is 19.1 Å². The minimum Gasteiger partial charge on any atom is -0.456 e. The second-order valence-corrected chi connectivity index (χ2v) is 6.48. The number of rotatable bonds is 7. The van der Waals surface area contributed by atoms with Crippen molar-refractivity contribution in [3.63, 3.8) is 0 Å². The van der Waals surface area contributed by atoms with Crippen LogP contribution in [-0.2, 0) is 14.3 Å². The molecule has 0 bridgehead atoms. The summed E-state index contributed by atoms with van der Waals surface area (Å²) in [6, 6.07) is 8.52. The van der Waals surface area contributed by atoms with Crippen LogP contribution in [0.15, 0.2) is 24.3 Å². The van der Waals surface area contributed by atoms with E-state index < -0.39 is 24.0 Å². The van der Waals surface area contributed by atoms with Gasteiger partial charge in [0.2, 0.25) is 0 Å². The number of nitrogens with one attached hydrogen (secondary N) is 1. The first kappa shape index (κ1) is 18.9. The SMILES string of the molecule is N#CC1(NC(=O)COC(=O)CCC(=O)c2ccc(Cl)cc2)CCCC1. The van der Waals surface area contributed by atoms with Gasteiger partial charge in [0.15, 0.2) is 12.4 Å². The van der Waals surface area contributed by atoms with Gasteiger partial charge in [-0.3, -0.25) is 14.4 Å². The number of nitrogens with zero attached hydrogens (tertiary/aromatic N) is 1. The van der Waals surface area contributed by atoms with Crippen LogP contribution in [0.3, 0.4) is 0 Å². The molecule has 0 radical (unpaired) electrons. The first-order chi connectivity index (χ1) is 11.9. The normalized spacial score (nSPS) is 15.2. The van der Waals surface area contributed by atoms with Crippen LogP contribution in [0.5, 0.6) is 0 Å². The zero-order valence-corrected chi connectivity index (χ0v) is 14.5. The third-order valence-corrected chi connectivity index (χ3v) is 4.39. The summed E-state index contributed by atoms with van der Waals surface area (Å²) in [4.78, 5) is 35.5. The molecule has 0 heterocycles. The van der Waals surface area contributed by atoms with E-state index in [-0.39, 0.29) is 18.6 Å². The van der Waals surface area contributed by atoms with Crippen LogP contribution in [0.25, 0.3) is 0 Å². The molecule has 1 fully saturated rings. The Morgan fingerprint density at radius 1 is 1.16 bits per heavy atom. The number of ether oxygens (including phenoxy) is 1. The molecular formula is C18H19ClN2O4. The number of ketones is 1. The first-order valence-electron chi connectivity index (χ1n) is 8.11. The summed E-state index contributed by atoms with van der Waals surface area (Å²) in [5.74, 6) is -1.33. The highest BCUT2D eigenvalue weighted by molar-refractivity contribution is 6.30. The average molecular weight is 363 g/mol. The predicted molar refractivity (Wildman–Crippen MR) is 90.9 cm³/mol. The number of amides is 1. The monoisotopic (exact) mass is 362 g/mol. The summed E-state index contributed by atoms with van der Waals surface area (Å²) in [5.41, 5.74) is -0.374. The second kappa shape index (κ2) is 8.63. The molecule has 0 aliphatic heterocycles. The third-order valence-electron chi connectivity index (χ3n) is 4.14. The minimum absolute atomic E-state index is 0.00970. The molecule has 0 atom stereocenters. The van der Waals surface area contributed by atoms with Gasteiger partial charge in [-0.2, -0.15) is 5.26 Å².